The molecule has 3 rings (SSSR count). The minimum Gasteiger partial charge on any atom is -0.368 e. The molecule has 5 nitrogen and oxygen atoms in total. The summed E-state index contributed by atoms with van der Waals surface area (Å²) in [5, 5.41) is 0. The maximum absolute atomic E-state index is 13.8. The number of rotatable bonds is 3. The van der Waals surface area contributed by atoms with Gasteiger partial charge in [-0.2, -0.15) is 0 Å². The Morgan fingerprint density at radius 1 is 1.43 bits per heavy atom. The van der Waals surface area contributed by atoms with E-state index in [-0.39, 0.29) is 17.5 Å². The van der Waals surface area contributed by atoms with Crippen LogP contribution in [0, 0.1) is 11.7 Å². The third-order valence-corrected chi connectivity index (χ3v) is 3.93. The number of aryl methyl sites for hydroxylation is 1. The van der Waals surface area contributed by atoms with Gasteiger partial charge < -0.3 is 9.47 Å². The Bertz CT molecular complexity index is 655. The zero-order valence-electron chi connectivity index (χ0n) is 11.9. The summed E-state index contributed by atoms with van der Waals surface area (Å²) in [7, 11) is 1.81. The Morgan fingerprint density at radius 3 is 3.00 bits per heavy atom. The first-order chi connectivity index (χ1) is 10.2. The van der Waals surface area contributed by atoms with Gasteiger partial charge in [-0.25, -0.2) is 9.37 Å². The molecule has 0 bridgehead atoms. The minimum absolute atomic E-state index is 0.0293. The van der Waals surface area contributed by atoms with Gasteiger partial charge in [-0.15, -0.1) is 0 Å². The Morgan fingerprint density at radius 2 is 2.29 bits per heavy atom. The number of pyridine rings is 1. The number of Topliss-reactive ketones (excluding diaryl/α,β-unsaturated/α-hetero) is 1. The normalized spacial score (nSPS) is 18.8. The highest BCUT2D eigenvalue weighted by molar-refractivity contribution is 5.95. The number of carbonyl (C=O) groups excluding carboxylic acids is 1. The molecule has 0 radical (unpaired) electrons. The van der Waals surface area contributed by atoms with Gasteiger partial charge in [0.1, 0.15) is 0 Å². The molecule has 3 heterocycles. The van der Waals surface area contributed by atoms with Crippen molar-refractivity contribution in [2.45, 2.75) is 12.8 Å². The monoisotopic (exact) mass is 288 g/mol. The van der Waals surface area contributed by atoms with Crippen molar-refractivity contribution < 1.29 is 9.18 Å². The van der Waals surface area contributed by atoms with Gasteiger partial charge in [0.25, 0.3) is 0 Å². The topological polar surface area (TPSA) is 51.0 Å². The molecule has 6 heteroatoms. The molecule has 0 aliphatic carbocycles. The third-order valence-electron chi connectivity index (χ3n) is 3.93. The van der Waals surface area contributed by atoms with E-state index in [1.807, 2.05) is 11.9 Å². The van der Waals surface area contributed by atoms with Gasteiger partial charge >= 0.3 is 0 Å². The summed E-state index contributed by atoms with van der Waals surface area (Å²) in [6, 6.07) is 1.66. The van der Waals surface area contributed by atoms with E-state index >= 15 is 0 Å². The largest absolute Gasteiger partial charge is 0.368 e. The van der Waals surface area contributed by atoms with E-state index in [2.05, 4.69) is 9.97 Å². The smallest absolute Gasteiger partial charge is 0.203 e. The maximum Gasteiger partial charge on any atom is 0.203 e. The van der Waals surface area contributed by atoms with Gasteiger partial charge in [0, 0.05) is 44.6 Å². The Balaban J connectivity index is 1.79. The number of halogens is 1. The van der Waals surface area contributed by atoms with Crippen molar-refractivity contribution in [3.05, 3.63) is 42.5 Å². The van der Waals surface area contributed by atoms with E-state index in [0.717, 1.165) is 19.4 Å². The predicted octanol–water partition coefficient (Wildman–Crippen LogP) is 2.05. The summed E-state index contributed by atoms with van der Waals surface area (Å²) in [5.74, 6) is 0.00807. The fraction of sp³-hybridized carbons (Fsp3) is 0.400. The number of aromatic nitrogens is 3. The molecule has 0 aromatic carbocycles. The van der Waals surface area contributed by atoms with E-state index in [9.17, 15) is 9.18 Å². The number of hydrogen-bond acceptors (Lipinski definition) is 4. The zero-order chi connectivity index (χ0) is 14.8. The van der Waals surface area contributed by atoms with E-state index in [0.29, 0.717) is 18.1 Å². The van der Waals surface area contributed by atoms with Crippen molar-refractivity contribution >= 4 is 11.5 Å². The Hall–Kier alpha value is -2.24. The summed E-state index contributed by atoms with van der Waals surface area (Å²) in [6.07, 6.45) is 7.84. The van der Waals surface area contributed by atoms with Crippen LogP contribution < -0.4 is 4.90 Å². The van der Waals surface area contributed by atoms with Gasteiger partial charge in [0.15, 0.2) is 11.6 Å². The molecule has 110 valence electrons. The molecule has 0 N–H and O–H groups in total. The Labute approximate surface area is 122 Å². The quantitative estimate of drug-likeness (QED) is 0.811. The molecule has 21 heavy (non-hydrogen) atoms. The highest BCUT2D eigenvalue weighted by atomic mass is 19.1. The molecule has 0 spiro atoms. The Kier molecular flexibility index (Phi) is 3.68. The molecule has 1 saturated heterocycles. The van der Waals surface area contributed by atoms with Gasteiger partial charge in [-0.3, -0.25) is 9.78 Å². The molecular formula is C15H17FN4O. The third kappa shape index (κ3) is 2.66. The summed E-state index contributed by atoms with van der Waals surface area (Å²) in [5.41, 5.74) is 0.516. The van der Waals surface area contributed by atoms with E-state index < -0.39 is 0 Å². The average molecular weight is 288 g/mol. The maximum atomic E-state index is 13.8. The number of carbonyl (C=O) groups is 1. The second kappa shape index (κ2) is 5.63. The lowest BCUT2D eigenvalue weighted by Gasteiger charge is -2.33. The molecule has 2 aromatic rings. The molecule has 0 amide bonds. The van der Waals surface area contributed by atoms with Crippen molar-refractivity contribution in [1.29, 1.82) is 0 Å². The number of hydrogen-bond donors (Lipinski definition) is 0. The summed E-state index contributed by atoms with van der Waals surface area (Å²) >= 11 is 0. The molecule has 1 aliphatic heterocycles. The fourth-order valence-electron chi connectivity index (χ4n) is 2.82. The van der Waals surface area contributed by atoms with Gasteiger partial charge in [-0.1, -0.05) is 0 Å². The van der Waals surface area contributed by atoms with Crippen molar-refractivity contribution in [2.24, 2.45) is 13.0 Å². The van der Waals surface area contributed by atoms with E-state index in [4.69, 9.17) is 0 Å². The second-order valence-electron chi connectivity index (χ2n) is 5.34. The SMILES string of the molecule is Cn1ccnc1C(=O)C1CCCN(c2ccncc2F)C1. The summed E-state index contributed by atoms with van der Waals surface area (Å²) in [4.78, 5) is 22.3. The van der Waals surface area contributed by atoms with Gasteiger partial charge in [0.05, 0.1) is 11.9 Å². The predicted molar refractivity (Wildman–Crippen MR) is 76.7 cm³/mol. The van der Waals surface area contributed by atoms with Crippen LogP contribution in [0.25, 0.3) is 0 Å². The van der Waals surface area contributed by atoms with Crippen molar-refractivity contribution in [2.75, 3.05) is 18.0 Å². The molecule has 1 atom stereocenters. The van der Waals surface area contributed by atoms with Crippen LogP contribution in [0.5, 0.6) is 0 Å². The first-order valence-corrected chi connectivity index (χ1v) is 7.03. The molecule has 2 aromatic heterocycles. The molecule has 1 aliphatic rings. The first kappa shape index (κ1) is 13.7. The van der Waals surface area contributed by atoms with Crippen LogP contribution >= 0.6 is 0 Å². The number of ketones is 1. The van der Waals surface area contributed by atoms with Crippen LogP contribution in [-0.2, 0) is 7.05 Å². The van der Waals surface area contributed by atoms with Crippen LogP contribution in [0.1, 0.15) is 23.5 Å². The van der Waals surface area contributed by atoms with Crippen LogP contribution in [0.2, 0.25) is 0 Å². The zero-order valence-corrected chi connectivity index (χ0v) is 11.9. The van der Waals surface area contributed by atoms with Gasteiger partial charge in [0.2, 0.25) is 5.78 Å². The highest BCUT2D eigenvalue weighted by Crippen LogP contribution is 2.26. The lowest BCUT2D eigenvalue weighted by Crippen LogP contribution is -2.39. The molecule has 1 fully saturated rings. The standard InChI is InChI=1S/C15H17FN4O/c1-19-8-6-18-15(19)14(21)11-3-2-7-20(10-11)13-4-5-17-9-12(13)16/h4-6,8-9,11H,2-3,7,10H2,1H3. The number of anilines is 1. The minimum atomic E-state index is -0.345. The fourth-order valence-corrected chi connectivity index (χ4v) is 2.82. The summed E-state index contributed by atoms with van der Waals surface area (Å²) in [6.45, 7) is 1.28. The van der Waals surface area contributed by atoms with E-state index in [1.165, 1.54) is 6.20 Å². The molecular weight excluding hydrogens is 271 g/mol. The van der Waals surface area contributed by atoms with Crippen LogP contribution in [-0.4, -0.2) is 33.4 Å². The average Bonchev–Trinajstić information content (AvgIpc) is 2.93. The molecule has 0 saturated carbocycles. The van der Waals surface area contributed by atoms with Crippen LogP contribution in [0.3, 0.4) is 0 Å². The van der Waals surface area contributed by atoms with Crippen molar-refractivity contribution in [3.63, 3.8) is 0 Å². The van der Waals surface area contributed by atoms with Crippen molar-refractivity contribution in [1.82, 2.24) is 14.5 Å². The van der Waals surface area contributed by atoms with E-state index in [1.54, 1.807) is 29.2 Å². The number of nitrogens with zero attached hydrogens (tertiary/aromatic N) is 4. The second-order valence-corrected chi connectivity index (χ2v) is 5.34. The number of imidazole rings is 1. The van der Waals surface area contributed by atoms with Crippen LogP contribution in [0.4, 0.5) is 10.1 Å². The lowest BCUT2D eigenvalue weighted by molar-refractivity contribution is 0.0893. The number of piperidine rings is 1. The van der Waals surface area contributed by atoms with Gasteiger partial charge in [-0.05, 0) is 18.9 Å². The summed E-state index contributed by atoms with van der Waals surface area (Å²) < 4.78 is 15.6. The first-order valence-electron chi connectivity index (χ1n) is 7.03. The van der Waals surface area contributed by atoms with Crippen LogP contribution in [0.15, 0.2) is 30.9 Å². The highest BCUT2D eigenvalue weighted by Gasteiger charge is 2.29. The van der Waals surface area contributed by atoms with Crippen molar-refractivity contribution in [3.8, 4) is 0 Å². The molecule has 1 unspecified atom stereocenters. The lowest BCUT2D eigenvalue weighted by atomic mass is 9.93.